The smallest absolute Gasteiger partial charge is 0.252 e. The fourth-order valence-electron chi connectivity index (χ4n) is 2.34. The van der Waals surface area contributed by atoms with Gasteiger partial charge in [0, 0.05) is 19.5 Å². The van der Waals surface area contributed by atoms with Gasteiger partial charge in [0.05, 0.1) is 6.54 Å². The van der Waals surface area contributed by atoms with Crippen molar-refractivity contribution in [1.82, 2.24) is 21.1 Å². The van der Waals surface area contributed by atoms with Gasteiger partial charge in [0.1, 0.15) is 0 Å². The molecule has 19 heavy (non-hydrogen) atoms. The third-order valence-electron chi connectivity index (χ3n) is 3.18. The predicted octanol–water partition coefficient (Wildman–Crippen LogP) is 0.00780. The lowest BCUT2D eigenvalue weighted by Crippen LogP contribution is -2.49. The second-order valence-electron chi connectivity index (χ2n) is 5.11. The number of piperidine rings is 1. The maximum atomic E-state index is 11.7. The van der Waals surface area contributed by atoms with Gasteiger partial charge < -0.3 is 5.32 Å². The maximum Gasteiger partial charge on any atom is 0.252 e. The monoisotopic (exact) mass is 270 g/mol. The third kappa shape index (κ3) is 7.12. The van der Waals surface area contributed by atoms with Crippen LogP contribution >= 0.6 is 0 Å². The van der Waals surface area contributed by atoms with E-state index in [9.17, 15) is 9.59 Å². The summed E-state index contributed by atoms with van der Waals surface area (Å²) in [6.45, 7) is 6.66. The molecular formula is C13H26N4O2. The largest absolute Gasteiger partial charge is 0.313 e. The van der Waals surface area contributed by atoms with Gasteiger partial charge in [0.15, 0.2) is 0 Å². The van der Waals surface area contributed by atoms with Gasteiger partial charge >= 0.3 is 0 Å². The van der Waals surface area contributed by atoms with Crippen LogP contribution in [0.1, 0.15) is 39.5 Å². The molecule has 1 heterocycles. The summed E-state index contributed by atoms with van der Waals surface area (Å²) in [7, 11) is 0. The van der Waals surface area contributed by atoms with Crippen LogP contribution in [0.5, 0.6) is 0 Å². The Labute approximate surface area is 115 Å². The molecular weight excluding hydrogens is 244 g/mol. The van der Waals surface area contributed by atoms with E-state index in [1.165, 1.54) is 26.2 Å². The molecule has 3 N–H and O–H groups in total. The number of hydrazine groups is 1. The Kier molecular flexibility index (Phi) is 7.43. The Balaban J connectivity index is 2.33. The van der Waals surface area contributed by atoms with Gasteiger partial charge in [-0.2, -0.15) is 0 Å². The van der Waals surface area contributed by atoms with Crippen LogP contribution in [0.2, 0.25) is 0 Å². The van der Waals surface area contributed by atoms with E-state index < -0.39 is 0 Å². The summed E-state index contributed by atoms with van der Waals surface area (Å²) >= 11 is 0. The van der Waals surface area contributed by atoms with E-state index in [2.05, 4.69) is 28.0 Å². The summed E-state index contributed by atoms with van der Waals surface area (Å²) in [5, 5.41) is 3.49. The number of hydrogen-bond acceptors (Lipinski definition) is 4. The van der Waals surface area contributed by atoms with E-state index in [-0.39, 0.29) is 11.8 Å². The minimum Gasteiger partial charge on any atom is -0.313 e. The van der Waals surface area contributed by atoms with Crippen LogP contribution < -0.4 is 16.2 Å². The summed E-state index contributed by atoms with van der Waals surface area (Å²) in [6, 6.07) is 0.480. The first kappa shape index (κ1) is 15.9. The van der Waals surface area contributed by atoms with Crippen LogP contribution in [0.4, 0.5) is 0 Å². The maximum absolute atomic E-state index is 11.7. The zero-order chi connectivity index (χ0) is 14.1. The van der Waals surface area contributed by atoms with Crippen molar-refractivity contribution in [3.05, 3.63) is 0 Å². The molecule has 0 aromatic carbocycles. The van der Waals surface area contributed by atoms with Crippen molar-refractivity contribution >= 4 is 11.8 Å². The Morgan fingerprint density at radius 2 is 2.11 bits per heavy atom. The molecule has 0 saturated carbocycles. The Morgan fingerprint density at radius 3 is 2.68 bits per heavy atom. The van der Waals surface area contributed by atoms with Gasteiger partial charge in [0.25, 0.3) is 5.91 Å². The summed E-state index contributed by atoms with van der Waals surface area (Å²) in [5.74, 6) is -0.427. The second-order valence-corrected chi connectivity index (χ2v) is 5.11. The fourth-order valence-corrected chi connectivity index (χ4v) is 2.34. The summed E-state index contributed by atoms with van der Waals surface area (Å²) in [6.07, 6.45) is 4.69. The van der Waals surface area contributed by atoms with Crippen LogP contribution in [-0.2, 0) is 9.59 Å². The van der Waals surface area contributed by atoms with E-state index in [1.54, 1.807) is 0 Å². The minimum atomic E-state index is -0.260. The first-order valence-corrected chi connectivity index (χ1v) is 7.13. The number of rotatable bonds is 6. The number of nitrogens with zero attached hydrogens (tertiary/aromatic N) is 1. The van der Waals surface area contributed by atoms with Crippen LogP contribution in [-0.4, -0.2) is 48.9 Å². The Bertz CT molecular complexity index is 290. The highest BCUT2D eigenvalue weighted by molar-refractivity contribution is 5.81. The summed E-state index contributed by atoms with van der Waals surface area (Å²) < 4.78 is 0. The molecule has 1 aliphatic heterocycles. The normalized spacial score (nSPS) is 19.2. The molecule has 0 aromatic heterocycles. The molecule has 1 atom stereocenters. The lowest BCUT2D eigenvalue weighted by Gasteiger charge is -2.30. The zero-order valence-electron chi connectivity index (χ0n) is 12.0. The molecule has 0 radical (unpaired) electrons. The average Bonchev–Trinajstić information content (AvgIpc) is 2.38. The molecule has 2 amide bonds. The first-order valence-electron chi connectivity index (χ1n) is 7.13. The molecule has 0 bridgehead atoms. The Morgan fingerprint density at radius 1 is 1.32 bits per heavy atom. The number of carbonyl (C=O) groups excluding carboxylic acids is 2. The van der Waals surface area contributed by atoms with Gasteiger partial charge in [-0.1, -0.05) is 13.3 Å². The van der Waals surface area contributed by atoms with Crippen molar-refractivity contribution in [2.45, 2.75) is 45.6 Å². The van der Waals surface area contributed by atoms with E-state index in [1.807, 2.05) is 0 Å². The predicted molar refractivity (Wildman–Crippen MR) is 74.3 cm³/mol. The second kappa shape index (κ2) is 8.87. The van der Waals surface area contributed by atoms with Crippen molar-refractivity contribution in [3.8, 4) is 0 Å². The summed E-state index contributed by atoms with van der Waals surface area (Å²) in [5.41, 5.74) is 4.72. The van der Waals surface area contributed by atoms with Crippen LogP contribution in [0.15, 0.2) is 0 Å². The van der Waals surface area contributed by atoms with Crippen LogP contribution in [0.25, 0.3) is 0 Å². The Hall–Kier alpha value is -1.14. The molecule has 1 fully saturated rings. The van der Waals surface area contributed by atoms with E-state index in [4.69, 9.17) is 0 Å². The van der Waals surface area contributed by atoms with Crippen molar-refractivity contribution in [3.63, 3.8) is 0 Å². The van der Waals surface area contributed by atoms with E-state index >= 15 is 0 Å². The third-order valence-corrected chi connectivity index (χ3v) is 3.18. The topological polar surface area (TPSA) is 73.5 Å². The molecule has 6 nitrogen and oxygen atoms in total. The van der Waals surface area contributed by atoms with Crippen molar-refractivity contribution in [1.29, 1.82) is 0 Å². The highest BCUT2D eigenvalue weighted by atomic mass is 16.2. The molecule has 0 aliphatic carbocycles. The lowest BCUT2D eigenvalue weighted by molar-refractivity contribution is -0.128. The van der Waals surface area contributed by atoms with Crippen molar-refractivity contribution in [2.75, 3.05) is 26.2 Å². The SMILES string of the molecule is CCCN(CC(=O)NNC(C)=O)CC1CCCCN1. The van der Waals surface area contributed by atoms with Gasteiger partial charge in [-0.25, -0.2) is 0 Å². The highest BCUT2D eigenvalue weighted by Crippen LogP contribution is 2.08. The molecule has 1 unspecified atom stereocenters. The molecule has 0 spiro atoms. The minimum absolute atomic E-state index is 0.167. The van der Waals surface area contributed by atoms with E-state index in [0.29, 0.717) is 12.6 Å². The van der Waals surface area contributed by atoms with Crippen molar-refractivity contribution in [2.24, 2.45) is 0 Å². The number of nitrogens with one attached hydrogen (secondary N) is 3. The number of hydrogen-bond donors (Lipinski definition) is 3. The van der Waals surface area contributed by atoms with Gasteiger partial charge in [0.2, 0.25) is 5.91 Å². The number of amides is 2. The molecule has 6 heteroatoms. The summed E-state index contributed by atoms with van der Waals surface area (Å²) in [4.78, 5) is 24.6. The average molecular weight is 270 g/mol. The highest BCUT2D eigenvalue weighted by Gasteiger charge is 2.18. The first-order chi connectivity index (χ1) is 9.11. The van der Waals surface area contributed by atoms with Gasteiger partial charge in [-0.05, 0) is 32.4 Å². The van der Waals surface area contributed by atoms with Crippen molar-refractivity contribution < 1.29 is 9.59 Å². The molecule has 0 aromatic rings. The molecule has 1 aliphatic rings. The zero-order valence-corrected chi connectivity index (χ0v) is 12.0. The van der Waals surface area contributed by atoms with Gasteiger partial charge in [-0.3, -0.25) is 25.3 Å². The van der Waals surface area contributed by atoms with E-state index in [0.717, 1.165) is 26.1 Å². The molecule has 110 valence electrons. The standard InChI is InChI=1S/C13H26N4O2/c1-3-8-17(9-12-6-4-5-7-14-12)10-13(19)16-15-11(2)18/h12,14H,3-10H2,1-2H3,(H,15,18)(H,16,19). The van der Waals surface area contributed by atoms with Crippen LogP contribution in [0.3, 0.4) is 0 Å². The fraction of sp³-hybridized carbons (Fsp3) is 0.846. The molecule has 1 saturated heterocycles. The molecule has 1 rings (SSSR count). The van der Waals surface area contributed by atoms with Gasteiger partial charge in [-0.15, -0.1) is 0 Å². The van der Waals surface area contributed by atoms with Crippen LogP contribution in [0, 0.1) is 0 Å². The lowest BCUT2D eigenvalue weighted by atomic mass is 10.0. The quantitative estimate of drug-likeness (QED) is 0.594. The number of carbonyl (C=O) groups is 2.